The summed E-state index contributed by atoms with van der Waals surface area (Å²) in [5.41, 5.74) is 5.81. The van der Waals surface area contributed by atoms with E-state index in [0.717, 1.165) is 31.3 Å². The highest BCUT2D eigenvalue weighted by Crippen LogP contribution is 2.20. The van der Waals surface area contributed by atoms with Crippen molar-refractivity contribution in [3.05, 3.63) is 0 Å². The topological polar surface area (TPSA) is 53.6 Å². The van der Waals surface area contributed by atoms with Crippen LogP contribution in [-0.2, 0) is 0 Å². The van der Waals surface area contributed by atoms with Gasteiger partial charge in [0.2, 0.25) is 0 Å². The van der Waals surface area contributed by atoms with E-state index in [0.29, 0.717) is 11.9 Å². The van der Waals surface area contributed by atoms with Gasteiger partial charge in [0.25, 0.3) is 0 Å². The Balaban J connectivity index is 2.11. The molecule has 1 aliphatic rings. The number of nitrogens with zero attached hydrogens (tertiary/aromatic N) is 2. The zero-order chi connectivity index (χ0) is 14.3. The first-order valence-electron chi connectivity index (χ1n) is 7.73. The van der Waals surface area contributed by atoms with Crippen molar-refractivity contribution in [2.24, 2.45) is 28.5 Å². The van der Waals surface area contributed by atoms with Gasteiger partial charge in [0.1, 0.15) is 0 Å². The zero-order valence-corrected chi connectivity index (χ0v) is 13.2. The summed E-state index contributed by atoms with van der Waals surface area (Å²) in [7, 11) is 0. The van der Waals surface area contributed by atoms with E-state index >= 15 is 0 Å². The van der Waals surface area contributed by atoms with Gasteiger partial charge in [0.05, 0.1) is 0 Å². The molecule has 112 valence electrons. The van der Waals surface area contributed by atoms with E-state index in [4.69, 9.17) is 5.73 Å². The molecule has 0 aromatic carbocycles. The first kappa shape index (κ1) is 16.3. The third-order valence-electron chi connectivity index (χ3n) is 3.53. The van der Waals surface area contributed by atoms with E-state index in [-0.39, 0.29) is 0 Å². The van der Waals surface area contributed by atoms with E-state index in [1.54, 1.807) is 0 Å². The first-order chi connectivity index (χ1) is 8.97. The molecule has 1 saturated heterocycles. The molecule has 2 atom stereocenters. The standard InChI is InChI=1S/C15H32N4/c1-12(2)9-18-15(16)17-6-5-7-19-10-13(3)8-14(4)11-19/h12-14H,5-11H2,1-4H3,(H3,16,17,18). The smallest absolute Gasteiger partial charge is 0.188 e. The van der Waals surface area contributed by atoms with Crippen LogP contribution in [0.5, 0.6) is 0 Å². The normalized spacial score (nSPS) is 25.8. The minimum Gasteiger partial charge on any atom is -0.370 e. The maximum Gasteiger partial charge on any atom is 0.188 e. The predicted molar refractivity (Wildman–Crippen MR) is 83.3 cm³/mol. The molecule has 4 heteroatoms. The molecule has 1 rings (SSSR count). The Morgan fingerprint density at radius 2 is 1.95 bits per heavy atom. The molecule has 1 fully saturated rings. The summed E-state index contributed by atoms with van der Waals surface area (Å²) in [6.45, 7) is 14.4. The lowest BCUT2D eigenvalue weighted by atomic mass is 9.92. The highest BCUT2D eigenvalue weighted by Gasteiger charge is 2.20. The molecule has 0 saturated carbocycles. The Hall–Kier alpha value is -0.770. The lowest BCUT2D eigenvalue weighted by Crippen LogP contribution is -2.40. The van der Waals surface area contributed by atoms with Gasteiger partial charge in [-0.25, -0.2) is 0 Å². The molecule has 0 amide bonds. The van der Waals surface area contributed by atoms with Crippen LogP contribution >= 0.6 is 0 Å². The highest BCUT2D eigenvalue weighted by atomic mass is 15.1. The van der Waals surface area contributed by atoms with Crippen molar-refractivity contribution in [1.29, 1.82) is 0 Å². The third-order valence-corrected chi connectivity index (χ3v) is 3.53. The van der Waals surface area contributed by atoms with Gasteiger partial charge in [-0.05, 0) is 37.1 Å². The number of likely N-dealkylation sites (tertiary alicyclic amines) is 1. The molecule has 1 aliphatic heterocycles. The maximum absolute atomic E-state index is 5.81. The van der Waals surface area contributed by atoms with Crippen LogP contribution in [0.4, 0.5) is 0 Å². The quantitative estimate of drug-likeness (QED) is 0.439. The maximum atomic E-state index is 5.81. The minimum absolute atomic E-state index is 0.566. The monoisotopic (exact) mass is 268 g/mol. The molecular weight excluding hydrogens is 236 g/mol. The van der Waals surface area contributed by atoms with Crippen LogP contribution in [0.2, 0.25) is 0 Å². The highest BCUT2D eigenvalue weighted by molar-refractivity contribution is 5.77. The zero-order valence-electron chi connectivity index (χ0n) is 13.2. The molecule has 0 spiro atoms. The molecule has 3 N–H and O–H groups in total. The summed E-state index contributed by atoms with van der Waals surface area (Å²) in [6, 6.07) is 0. The van der Waals surface area contributed by atoms with E-state index in [1.165, 1.54) is 26.1 Å². The van der Waals surface area contributed by atoms with Crippen LogP contribution in [0.1, 0.15) is 40.5 Å². The fraction of sp³-hybridized carbons (Fsp3) is 0.933. The Morgan fingerprint density at radius 1 is 1.32 bits per heavy atom. The molecule has 2 unspecified atom stereocenters. The van der Waals surface area contributed by atoms with Gasteiger partial charge in [-0.2, -0.15) is 0 Å². The van der Waals surface area contributed by atoms with Crippen LogP contribution in [0.3, 0.4) is 0 Å². The molecule has 1 heterocycles. The molecule has 0 radical (unpaired) electrons. The number of aliphatic imine (C=N–C) groups is 1. The Morgan fingerprint density at radius 3 is 2.53 bits per heavy atom. The number of hydrogen-bond donors (Lipinski definition) is 2. The fourth-order valence-electron chi connectivity index (χ4n) is 2.83. The van der Waals surface area contributed by atoms with Crippen LogP contribution in [0, 0.1) is 17.8 Å². The summed E-state index contributed by atoms with van der Waals surface area (Å²) in [4.78, 5) is 6.89. The summed E-state index contributed by atoms with van der Waals surface area (Å²) >= 11 is 0. The molecule has 19 heavy (non-hydrogen) atoms. The number of rotatable bonds is 6. The summed E-state index contributed by atoms with van der Waals surface area (Å²) < 4.78 is 0. The van der Waals surface area contributed by atoms with Crippen LogP contribution in [0.15, 0.2) is 4.99 Å². The molecule has 0 aliphatic carbocycles. The van der Waals surface area contributed by atoms with Crippen molar-refractivity contribution >= 4 is 5.96 Å². The van der Waals surface area contributed by atoms with E-state index < -0.39 is 0 Å². The Bertz CT molecular complexity index is 265. The molecular formula is C15H32N4. The van der Waals surface area contributed by atoms with Gasteiger partial charge < -0.3 is 16.0 Å². The van der Waals surface area contributed by atoms with Crippen molar-refractivity contribution in [2.75, 3.05) is 32.7 Å². The number of piperidine rings is 1. The van der Waals surface area contributed by atoms with Gasteiger partial charge in [-0.1, -0.05) is 27.7 Å². The second kappa shape index (κ2) is 8.41. The largest absolute Gasteiger partial charge is 0.370 e. The fourth-order valence-corrected chi connectivity index (χ4v) is 2.83. The summed E-state index contributed by atoms with van der Waals surface area (Å²) in [6.07, 6.45) is 2.51. The average Bonchev–Trinajstić information content (AvgIpc) is 2.31. The van der Waals surface area contributed by atoms with Crippen molar-refractivity contribution in [3.63, 3.8) is 0 Å². The average molecular weight is 268 g/mol. The number of guanidine groups is 1. The van der Waals surface area contributed by atoms with Gasteiger partial charge in [0.15, 0.2) is 5.96 Å². The van der Waals surface area contributed by atoms with Gasteiger partial charge in [-0.3, -0.25) is 4.99 Å². The van der Waals surface area contributed by atoms with E-state index in [1.807, 2.05) is 0 Å². The van der Waals surface area contributed by atoms with Gasteiger partial charge in [0, 0.05) is 26.2 Å². The van der Waals surface area contributed by atoms with Crippen molar-refractivity contribution < 1.29 is 0 Å². The number of nitrogens with two attached hydrogens (primary N) is 1. The van der Waals surface area contributed by atoms with E-state index in [2.05, 4.69) is 42.9 Å². The SMILES string of the molecule is CC(C)CN=C(N)NCCCN1CC(C)CC(C)C1. The predicted octanol–water partition coefficient (Wildman–Crippen LogP) is 1.91. The Kier molecular flexibility index (Phi) is 7.21. The summed E-state index contributed by atoms with van der Waals surface area (Å²) in [5.74, 6) is 2.84. The van der Waals surface area contributed by atoms with Crippen LogP contribution in [-0.4, -0.2) is 43.6 Å². The molecule has 4 nitrogen and oxygen atoms in total. The minimum atomic E-state index is 0.566. The van der Waals surface area contributed by atoms with Gasteiger partial charge >= 0.3 is 0 Å². The van der Waals surface area contributed by atoms with E-state index in [9.17, 15) is 0 Å². The van der Waals surface area contributed by atoms with Gasteiger partial charge in [-0.15, -0.1) is 0 Å². The van der Waals surface area contributed by atoms with Crippen LogP contribution < -0.4 is 11.1 Å². The summed E-state index contributed by atoms with van der Waals surface area (Å²) in [5, 5.41) is 3.20. The van der Waals surface area contributed by atoms with Crippen molar-refractivity contribution in [2.45, 2.75) is 40.5 Å². The molecule has 0 bridgehead atoms. The Labute approximate surface area is 118 Å². The lowest BCUT2D eigenvalue weighted by molar-refractivity contribution is 0.140. The molecule has 0 aromatic rings. The first-order valence-corrected chi connectivity index (χ1v) is 7.73. The number of hydrogen-bond acceptors (Lipinski definition) is 2. The lowest BCUT2D eigenvalue weighted by Gasteiger charge is -2.34. The second-order valence-electron chi connectivity index (χ2n) is 6.61. The third kappa shape index (κ3) is 7.41. The number of nitrogens with one attached hydrogen (secondary N) is 1. The van der Waals surface area contributed by atoms with Crippen LogP contribution in [0.25, 0.3) is 0 Å². The second-order valence-corrected chi connectivity index (χ2v) is 6.61. The van der Waals surface area contributed by atoms with Crippen molar-refractivity contribution in [1.82, 2.24) is 10.2 Å². The van der Waals surface area contributed by atoms with Crippen molar-refractivity contribution in [3.8, 4) is 0 Å². The molecule has 0 aromatic heterocycles.